The van der Waals surface area contributed by atoms with Crippen LogP contribution in [0.25, 0.3) is 0 Å². The fourth-order valence-electron chi connectivity index (χ4n) is 2.47. The lowest BCUT2D eigenvalue weighted by Gasteiger charge is -2.20. The van der Waals surface area contributed by atoms with Crippen LogP contribution in [0.5, 0.6) is 5.75 Å². The molecule has 2 aromatic carbocycles. The number of rotatable bonds is 7. The van der Waals surface area contributed by atoms with Gasteiger partial charge in [0.15, 0.2) is 0 Å². The van der Waals surface area contributed by atoms with Gasteiger partial charge in [-0.3, -0.25) is 10.1 Å². The standard InChI is InChI=1S/C17H19FN2O4/c1-11(17-14(18)7-4-8-16(17)24-2)19-10-15(21)12-5-3-6-13(9-12)20(22)23/h3-9,11,15,19,21H,10H2,1-2H3. The van der Waals surface area contributed by atoms with Crippen molar-refractivity contribution in [3.05, 3.63) is 69.5 Å². The third-order valence-electron chi connectivity index (χ3n) is 3.75. The van der Waals surface area contributed by atoms with Crippen molar-refractivity contribution < 1.29 is 19.2 Å². The van der Waals surface area contributed by atoms with E-state index in [9.17, 15) is 19.6 Å². The van der Waals surface area contributed by atoms with Crippen LogP contribution in [0, 0.1) is 15.9 Å². The molecule has 2 aromatic rings. The van der Waals surface area contributed by atoms with Gasteiger partial charge in [-0.1, -0.05) is 18.2 Å². The minimum atomic E-state index is -0.954. The Morgan fingerprint density at radius 3 is 2.71 bits per heavy atom. The average Bonchev–Trinajstić information content (AvgIpc) is 2.59. The van der Waals surface area contributed by atoms with Crippen LogP contribution < -0.4 is 10.1 Å². The number of methoxy groups -OCH3 is 1. The van der Waals surface area contributed by atoms with E-state index < -0.39 is 22.9 Å². The Balaban J connectivity index is 2.08. The lowest BCUT2D eigenvalue weighted by atomic mass is 10.0. The minimum absolute atomic E-state index is 0.0876. The third-order valence-corrected chi connectivity index (χ3v) is 3.75. The van der Waals surface area contributed by atoms with Crippen molar-refractivity contribution in [1.29, 1.82) is 0 Å². The molecule has 0 bridgehead atoms. The summed E-state index contributed by atoms with van der Waals surface area (Å²) < 4.78 is 19.2. The van der Waals surface area contributed by atoms with E-state index in [1.807, 2.05) is 0 Å². The van der Waals surface area contributed by atoms with Gasteiger partial charge in [-0.15, -0.1) is 0 Å². The Labute approximate surface area is 139 Å². The largest absolute Gasteiger partial charge is 0.496 e. The Morgan fingerprint density at radius 1 is 1.33 bits per heavy atom. The van der Waals surface area contributed by atoms with Crippen molar-refractivity contribution in [3.8, 4) is 5.75 Å². The molecule has 2 unspecified atom stereocenters. The lowest BCUT2D eigenvalue weighted by Crippen LogP contribution is -2.25. The number of nitrogens with one attached hydrogen (secondary N) is 1. The van der Waals surface area contributed by atoms with Crippen LogP contribution in [0.3, 0.4) is 0 Å². The fraction of sp³-hybridized carbons (Fsp3) is 0.294. The van der Waals surface area contributed by atoms with Gasteiger partial charge in [0.2, 0.25) is 0 Å². The summed E-state index contributed by atoms with van der Waals surface area (Å²) in [6, 6.07) is 9.95. The summed E-state index contributed by atoms with van der Waals surface area (Å²) in [5.74, 6) is 0.0130. The highest BCUT2D eigenvalue weighted by Gasteiger charge is 2.18. The summed E-state index contributed by atoms with van der Waals surface area (Å²) in [6.45, 7) is 1.86. The number of nitro benzene ring substituents is 1. The lowest BCUT2D eigenvalue weighted by molar-refractivity contribution is -0.385. The molecule has 0 fully saturated rings. The van der Waals surface area contributed by atoms with E-state index in [-0.39, 0.29) is 12.2 Å². The first-order chi connectivity index (χ1) is 11.4. The average molecular weight is 334 g/mol. The highest BCUT2D eigenvalue weighted by Crippen LogP contribution is 2.28. The van der Waals surface area contributed by atoms with Gasteiger partial charge in [0, 0.05) is 30.3 Å². The zero-order chi connectivity index (χ0) is 17.7. The minimum Gasteiger partial charge on any atom is -0.496 e. The molecule has 0 aliphatic heterocycles. The summed E-state index contributed by atoms with van der Waals surface area (Å²) in [7, 11) is 1.46. The molecule has 0 spiro atoms. The number of hydrogen-bond donors (Lipinski definition) is 2. The molecule has 2 rings (SSSR count). The zero-order valence-corrected chi connectivity index (χ0v) is 13.4. The van der Waals surface area contributed by atoms with Crippen LogP contribution in [-0.2, 0) is 0 Å². The van der Waals surface area contributed by atoms with Crippen molar-refractivity contribution in [2.24, 2.45) is 0 Å². The van der Waals surface area contributed by atoms with Gasteiger partial charge in [-0.25, -0.2) is 4.39 Å². The van der Waals surface area contributed by atoms with Crippen molar-refractivity contribution in [2.45, 2.75) is 19.1 Å². The van der Waals surface area contributed by atoms with Crippen LogP contribution in [-0.4, -0.2) is 23.7 Å². The molecule has 0 aromatic heterocycles. The smallest absolute Gasteiger partial charge is 0.269 e. The number of hydrogen-bond acceptors (Lipinski definition) is 5. The van der Waals surface area contributed by atoms with Gasteiger partial charge in [0.25, 0.3) is 5.69 Å². The molecule has 2 atom stereocenters. The Kier molecular flexibility index (Phi) is 5.83. The SMILES string of the molecule is COc1cccc(F)c1C(C)NCC(O)c1cccc([N+](=O)[O-])c1. The first-order valence-corrected chi connectivity index (χ1v) is 7.42. The zero-order valence-electron chi connectivity index (χ0n) is 13.4. The summed E-state index contributed by atoms with van der Waals surface area (Å²) in [4.78, 5) is 10.3. The van der Waals surface area contributed by atoms with Gasteiger partial charge in [-0.2, -0.15) is 0 Å². The van der Waals surface area contributed by atoms with Crippen LogP contribution in [0.1, 0.15) is 30.2 Å². The number of non-ortho nitro benzene ring substituents is 1. The molecule has 0 saturated heterocycles. The molecule has 0 heterocycles. The molecule has 0 radical (unpaired) electrons. The van der Waals surface area contributed by atoms with Crippen molar-refractivity contribution in [3.63, 3.8) is 0 Å². The number of nitrogens with zero attached hydrogens (tertiary/aromatic N) is 1. The van der Waals surface area contributed by atoms with Crippen LogP contribution in [0.2, 0.25) is 0 Å². The van der Waals surface area contributed by atoms with Gasteiger partial charge in [0.1, 0.15) is 11.6 Å². The number of ether oxygens (including phenoxy) is 1. The number of nitro groups is 1. The quantitative estimate of drug-likeness (QED) is 0.600. The van der Waals surface area contributed by atoms with E-state index in [4.69, 9.17) is 4.74 Å². The number of aliphatic hydroxyl groups is 1. The van der Waals surface area contributed by atoms with E-state index in [0.717, 1.165) is 0 Å². The predicted octanol–water partition coefficient (Wildman–Crippen LogP) is 3.13. The fourth-order valence-corrected chi connectivity index (χ4v) is 2.47. The molecule has 7 heteroatoms. The molecule has 0 aliphatic carbocycles. The highest BCUT2D eigenvalue weighted by atomic mass is 19.1. The van der Waals surface area contributed by atoms with E-state index in [1.54, 1.807) is 25.1 Å². The monoisotopic (exact) mass is 334 g/mol. The Morgan fingerprint density at radius 2 is 2.04 bits per heavy atom. The maximum atomic E-state index is 14.0. The molecule has 6 nitrogen and oxygen atoms in total. The molecule has 0 amide bonds. The van der Waals surface area contributed by atoms with E-state index >= 15 is 0 Å². The molecule has 128 valence electrons. The van der Waals surface area contributed by atoms with E-state index in [1.165, 1.54) is 31.4 Å². The van der Waals surface area contributed by atoms with Gasteiger partial charge in [-0.05, 0) is 24.6 Å². The highest BCUT2D eigenvalue weighted by molar-refractivity contribution is 5.37. The summed E-state index contributed by atoms with van der Waals surface area (Å²) in [6.07, 6.45) is -0.954. The maximum absolute atomic E-state index is 14.0. The molecule has 2 N–H and O–H groups in total. The van der Waals surface area contributed by atoms with E-state index in [2.05, 4.69) is 5.32 Å². The Hall–Kier alpha value is -2.51. The molecular formula is C17H19FN2O4. The summed E-state index contributed by atoms with van der Waals surface area (Å²) >= 11 is 0. The van der Waals surface area contributed by atoms with Crippen molar-refractivity contribution in [1.82, 2.24) is 5.32 Å². The van der Waals surface area contributed by atoms with Gasteiger partial charge >= 0.3 is 0 Å². The maximum Gasteiger partial charge on any atom is 0.269 e. The first-order valence-electron chi connectivity index (χ1n) is 7.42. The van der Waals surface area contributed by atoms with Crippen molar-refractivity contribution in [2.75, 3.05) is 13.7 Å². The Bertz CT molecular complexity index is 723. The van der Waals surface area contributed by atoms with Crippen LogP contribution in [0.15, 0.2) is 42.5 Å². The molecule has 24 heavy (non-hydrogen) atoms. The number of halogens is 1. The topological polar surface area (TPSA) is 84.6 Å². The van der Waals surface area contributed by atoms with E-state index in [0.29, 0.717) is 16.9 Å². The van der Waals surface area contributed by atoms with Crippen molar-refractivity contribution >= 4 is 5.69 Å². The molecular weight excluding hydrogens is 315 g/mol. The second-order valence-electron chi connectivity index (χ2n) is 5.35. The molecule has 0 aliphatic rings. The summed E-state index contributed by atoms with van der Waals surface area (Å²) in [5, 5.41) is 24.0. The van der Waals surface area contributed by atoms with Crippen LogP contribution >= 0.6 is 0 Å². The van der Waals surface area contributed by atoms with Crippen LogP contribution in [0.4, 0.5) is 10.1 Å². The number of benzene rings is 2. The number of aliphatic hydroxyl groups excluding tert-OH is 1. The van der Waals surface area contributed by atoms with Gasteiger partial charge < -0.3 is 15.2 Å². The second kappa shape index (κ2) is 7.85. The normalized spacial score (nSPS) is 13.3. The third kappa shape index (κ3) is 4.06. The second-order valence-corrected chi connectivity index (χ2v) is 5.35. The predicted molar refractivity (Wildman–Crippen MR) is 87.4 cm³/mol. The first kappa shape index (κ1) is 17.8. The summed E-state index contributed by atoms with van der Waals surface area (Å²) in [5.41, 5.74) is 0.700. The van der Waals surface area contributed by atoms with Gasteiger partial charge in [0.05, 0.1) is 18.1 Å². The molecule has 0 saturated carbocycles.